The summed E-state index contributed by atoms with van der Waals surface area (Å²) >= 11 is 0. The molecule has 2 aliphatic rings. The fourth-order valence-corrected chi connectivity index (χ4v) is 2.58. The molecular weight excluding hydrogens is 238 g/mol. The molecule has 102 valence electrons. The van der Waals surface area contributed by atoms with Crippen molar-refractivity contribution in [2.24, 2.45) is 4.99 Å². The van der Waals surface area contributed by atoms with E-state index in [1.807, 2.05) is 6.07 Å². The molecule has 1 fully saturated rings. The lowest BCUT2D eigenvalue weighted by molar-refractivity contribution is 0.413. The minimum Gasteiger partial charge on any atom is -0.497 e. The Morgan fingerprint density at radius 1 is 1.47 bits per heavy atom. The van der Waals surface area contributed by atoms with Crippen molar-refractivity contribution in [3.63, 3.8) is 0 Å². The summed E-state index contributed by atoms with van der Waals surface area (Å²) in [7, 11) is 1.72. The zero-order valence-electron chi connectivity index (χ0n) is 11.6. The molecule has 0 amide bonds. The number of hydrogen-bond donors (Lipinski definition) is 2. The lowest BCUT2D eigenvalue weighted by Gasteiger charge is -2.18. The van der Waals surface area contributed by atoms with Crippen LogP contribution >= 0.6 is 0 Å². The quantitative estimate of drug-likeness (QED) is 0.864. The lowest BCUT2D eigenvalue weighted by Crippen LogP contribution is -2.41. The Kier molecular flexibility index (Phi) is 3.09. The van der Waals surface area contributed by atoms with E-state index in [1.54, 1.807) is 7.11 Å². The second-order valence-electron chi connectivity index (χ2n) is 5.60. The van der Waals surface area contributed by atoms with Gasteiger partial charge >= 0.3 is 0 Å². The number of nitrogens with one attached hydrogen (secondary N) is 2. The van der Waals surface area contributed by atoms with E-state index in [-0.39, 0.29) is 5.41 Å². The number of nitrogens with zero attached hydrogens (tertiary/aromatic N) is 1. The molecule has 1 aromatic carbocycles. The summed E-state index contributed by atoms with van der Waals surface area (Å²) in [5.74, 6) is 1.88. The summed E-state index contributed by atoms with van der Waals surface area (Å²) in [5.41, 5.74) is 1.64. The molecule has 0 spiro atoms. The molecule has 0 aromatic heterocycles. The van der Waals surface area contributed by atoms with E-state index in [4.69, 9.17) is 4.74 Å². The van der Waals surface area contributed by atoms with Crippen molar-refractivity contribution >= 4 is 5.96 Å². The number of hydrogen-bond acceptors (Lipinski definition) is 4. The number of methoxy groups -OCH3 is 1. The van der Waals surface area contributed by atoms with Gasteiger partial charge in [0.1, 0.15) is 5.75 Å². The molecule has 0 radical (unpaired) electrons. The van der Waals surface area contributed by atoms with E-state index in [9.17, 15) is 0 Å². The number of benzene rings is 1. The Morgan fingerprint density at radius 2 is 2.32 bits per heavy atom. The zero-order chi connectivity index (χ0) is 13.3. The average Bonchev–Trinajstić information content (AvgIpc) is 3.13. The molecule has 1 unspecified atom stereocenters. The van der Waals surface area contributed by atoms with Crippen molar-refractivity contribution in [3.05, 3.63) is 29.8 Å². The summed E-state index contributed by atoms with van der Waals surface area (Å²) in [4.78, 5) is 4.44. The van der Waals surface area contributed by atoms with Gasteiger partial charge in [0.25, 0.3) is 0 Å². The van der Waals surface area contributed by atoms with Crippen molar-refractivity contribution in [1.29, 1.82) is 0 Å². The number of guanidine groups is 1. The summed E-state index contributed by atoms with van der Waals surface area (Å²) in [6.07, 6.45) is 2.46. The molecule has 4 nitrogen and oxygen atoms in total. The first-order valence-electron chi connectivity index (χ1n) is 6.91. The molecule has 1 heterocycles. The molecule has 1 aliphatic carbocycles. The van der Waals surface area contributed by atoms with Gasteiger partial charge in [-0.3, -0.25) is 4.99 Å². The summed E-state index contributed by atoms with van der Waals surface area (Å²) in [5, 5.41) is 6.79. The van der Waals surface area contributed by atoms with Crippen LogP contribution in [0, 0.1) is 0 Å². The van der Waals surface area contributed by atoms with Crippen LogP contribution in [0.5, 0.6) is 5.75 Å². The Labute approximate surface area is 114 Å². The molecule has 1 atom stereocenters. The SMILES string of the molecule is COc1cccc(C2(CNC3=NCC(C)N3)CC2)c1. The second kappa shape index (κ2) is 4.76. The first kappa shape index (κ1) is 12.3. The highest BCUT2D eigenvalue weighted by Gasteiger charge is 2.44. The molecular formula is C15H21N3O. The maximum atomic E-state index is 5.31. The maximum absolute atomic E-state index is 5.31. The van der Waals surface area contributed by atoms with Gasteiger partial charge in [-0.1, -0.05) is 12.1 Å². The van der Waals surface area contributed by atoms with Crippen LogP contribution in [0.4, 0.5) is 0 Å². The van der Waals surface area contributed by atoms with Crippen LogP contribution in [0.3, 0.4) is 0 Å². The molecule has 1 saturated carbocycles. The highest BCUT2D eigenvalue weighted by atomic mass is 16.5. The van der Waals surface area contributed by atoms with Gasteiger partial charge in [0, 0.05) is 18.0 Å². The van der Waals surface area contributed by atoms with Crippen LogP contribution < -0.4 is 15.4 Å². The number of ether oxygens (including phenoxy) is 1. The van der Waals surface area contributed by atoms with E-state index in [1.165, 1.54) is 18.4 Å². The Hall–Kier alpha value is -1.71. The summed E-state index contributed by atoms with van der Waals surface area (Å²) < 4.78 is 5.31. The van der Waals surface area contributed by atoms with Crippen LogP contribution in [-0.4, -0.2) is 32.2 Å². The Bertz CT molecular complexity index is 494. The molecule has 1 aromatic rings. The third-order valence-corrected chi connectivity index (χ3v) is 4.04. The van der Waals surface area contributed by atoms with E-state index in [0.29, 0.717) is 6.04 Å². The monoisotopic (exact) mass is 259 g/mol. The average molecular weight is 259 g/mol. The van der Waals surface area contributed by atoms with E-state index in [2.05, 4.69) is 40.7 Å². The van der Waals surface area contributed by atoms with Crippen LogP contribution in [0.2, 0.25) is 0 Å². The molecule has 0 bridgehead atoms. The van der Waals surface area contributed by atoms with E-state index < -0.39 is 0 Å². The molecule has 3 rings (SSSR count). The standard InChI is InChI=1S/C15H21N3O/c1-11-9-16-14(18-11)17-10-15(6-7-15)12-4-3-5-13(8-12)19-2/h3-5,8,11H,6-7,9-10H2,1-2H3,(H2,16,17,18). The molecule has 2 N–H and O–H groups in total. The van der Waals surface area contributed by atoms with Crippen LogP contribution in [-0.2, 0) is 5.41 Å². The minimum absolute atomic E-state index is 0.268. The van der Waals surface area contributed by atoms with Crippen molar-refractivity contribution < 1.29 is 4.74 Å². The zero-order valence-corrected chi connectivity index (χ0v) is 11.6. The van der Waals surface area contributed by atoms with Crippen LogP contribution in [0.15, 0.2) is 29.3 Å². The first-order valence-corrected chi connectivity index (χ1v) is 6.91. The first-order chi connectivity index (χ1) is 9.22. The Morgan fingerprint density at radius 3 is 2.95 bits per heavy atom. The number of rotatable bonds is 4. The van der Waals surface area contributed by atoms with Gasteiger partial charge < -0.3 is 15.4 Å². The Balaban J connectivity index is 1.66. The van der Waals surface area contributed by atoms with Gasteiger partial charge in [0.05, 0.1) is 13.7 Å². The van der Waals surface area contributed by atoms with Crippen molar-refractivity contribution in [3.8, 4) is 5.75 Å². The van der Waals surface area contributed by atoms with Gasteiger partial charge in [0.2, 0.25) is 0 Å². The highest BCUT2D eigenvalue weighted by molar-refractivity contribution is 5.81. The van der Waals surface area contributed by atoms with Gasteiger partial charge in [-0.2, -0.15) is 0 Å². The predicted molar refractivity (Wildman–Crippen MR) is 76.8 cm³/mol. The summed E-state index contributed by atoms with van der Waals surface area (Å²) in [6, 6.07) is 8.87. The van der Waals surface area contributed by atoms with Gasteiger partial charge in [-0.05, 0) is 37.5 Å². The van der Waals surface area contributed by atoms with Crippen molar-refractivity contribution in [1.82, 2.24) is 10.6 Å². The van der Waals surface area contributed by atoms with Crippen molar-refractivity contribution in [2.75, 3.05) is 20.2 Å². The third-order valence-electron chi connectivity index (χ3n) is 4.04. The molecule has 0 saturated heterocycles. The molecule has 19 heavy (non-hydrogen) atoms. The predicted octanol–water partition coefficient (Wildman–Crippen LogP) is 1.66. The van der Waals surface area contributed by atoms with Crippen molar-refractivity contribution in [2.45, 2.75) is 31.2 Å². The topological polar surface area (TPSA) is 45.6 Å². The normalized spacial score (nSPS) is 23.5. The maximum Gasteiger partial charge on any atom is 0.191 e. The fourth-order valence-electron chi connectivity index (χ4n) is 2.58. The largest absolute Gasteiger partial charge is 0.497 e. The van der Waals surface area contributed by atoms with Gasteiger partial charge in [0.15, 0.2) is 5.96 Å². The summed E-state index contributed by atoms with van der Waals surface area (Å²) in [6.45, 7) is 3.96. The van der Waals surface area contributed by atoms with E-state index >= 15 is 0 Å². The second-order valence-corrected chi connectivity index (χ2v) is 5.60. The van der Waals surface area contributed by atoms with Gasteiger partial charge in [-0.15, -0.1) is 0 Å². The van der Waals surface area contributed by atoms with Crippen LogP contribution in [0.25, 0.3) is 0 Å². The van der Waals surface area contributed by atoms with Gasteiger partial charge in [-0.25, -0.2) is 0 Å². The molecule has 4 heteroatoms. The smallest absolute Gasteiger partial charge is 0.191 e. The minimum atomic E-state index is 0.268. The fraction of sp³-hybridized carbons (Fsp3) is 0.533. The lowest BCUT2D eigenvalue weighted by atomic mass is 9.96. The van der Waals surface area contributed by atoms with E-state index in [0.717, 1.165) is 24.8 Å². The molecule has 1 aliphatic heterocycles. The van der Waals surface area contributed by atoms with Crippen LogP contribution in [0.1, 0.15) is 25.3 Å². The number of aliphatic imine (C=N–C) groups is 1. The third kappa shape index (κ3) is 2.53. The highest BCUT2D eigenvalue weighted by Crippen LogP contribution is 2.48.